The van der Waals surface area contributed by atoms with Crippen LogP contribution >= 0.6 is 11.3 Å². The molecule has 2 heterocycles. The lowest BCUT2D eigenvalue weighted by Gasteiger charge is -2.28. The Morgan fingerprint density at radius 3 is 3.10 bits per heavy atom. The van der Waals surface area contributed by atoms with Crippen LogP contribution in [0.2, 0.25) is 0 Å². The summed E-state index contributed by atoms with van der Waals surface area (Å²) in [5.41, 5.74) is 2.31. The quantitative estimate of drug-likeness (QED) is 0.913. The number of thiazole rings is 1. The van der Waals surface area contributed by atoms with Crippen LogP contribution < -0.4 is 10.9 Å². The van der Waals surface area contributed by atoms with E-state index < -0.39 is 0 Å². The van der Waals surface area contributed by atoms with Crippen molar-refractivity contribution in [3.63, 3.8) is 0 Å². The third kappa shape index (κ3) is 2.69. The first-order chi connectivity index (χ1) is 9.63. The lowest BCUT2D eigenvalue weighted by molar-refractivity contribution is 0.411. The van der Waals surface area contributed by atoms with E-state index in [0.29, 0.717) is 6.04 Å². The zero-order chi connectivity index (χ0) is 14.1. The summed E-state index contributed by atoms with van der Waals surface area (Å²) in [6, 6.07) is 4.12. The number of pyridine rings is 1. The first kappa shape index (κ1) is 13.5. The number of fused-ring (bicyclic) bond motifs is 1. The zero-order valence-corrected chi connectivity index (χ0v) is 12.6. The van der Waals surface area contributed by atoms with Gasteiger partial charge in [-0.2, -0.15) is 0 Å². The number of rotatable bonds is 3. The number of aromatic nitrogens is 2. The molecule has 0 fully saturated rings. The minimum atomic E-state index is -0.00648. The van der Waals surface area contributed by atoms with Gasteiger partial charge in [0.1, 0.15) is 5.01 Å². The maximum atomic E-state index is 11.4. The largest absolute Gasteiger partial charge is 0.326 e. The van der Waals surface area contributed by atoms with Crippen molar-refractivity contribution >= 4 is 11.3 Å². The van der Waals surface area contributed by atoms with Crippen molar-refractivity contribution in [2.24, 2.45) is 0 Å². The molecule has 0 amide bonds. The molecule has 2 unspecified atom stereocenters. The number of H-pyrrole nitrogens is 1. The molecule has 106 valence electrons. The van der Waals surface area contributed by atoms with Gasteiger partial charge < -0.3 is 10.3 Å². The van der Waals surface area contributed by atoms with E-state index in [2.05, 4.69) is 29.1 Å². The number of aromatic amines is 1. The third-order valence-corrected chi connectivity index (χ3v) is 4.89. The molecule has 0 radical (unpaired) electrons. The van der Waals surface area contributed by atoms with Crippen molar-refractivity contribution in [1.82, 2.24) is 15.3 Å². The van der Waals surface area contributed by atoms with Gasteiger partial charge in [0.05, 0.1) is 6.04 Å². The Kier molecular flexibility index (Phi) is 3.72. The van der Waals surface area contributed by atoms with Crippen LogP contribution in [0.15, 0.2) is 23.1 Å². The highest BCUT2D eigenvalue weighted by molar-refractivity contribution is 7.11. The minimum Gasteiger partial charge on any atom is -0.326 e. The molecule has 5 heteroatoms. The van der Waals surface area contributed by atoms with Crippen molar-refractivity contribution < 1.29 is 0 Å². The number of nitrogens with one attached hydrogen (secondary N) is 2. The standard InChI is InChI=1S/C15H19N3OS/c1-9-8-16-15(20-9)10(2)17-12-4-3-5-13-11(12)6-7-14(19)18-13/h6-8,10,12,17H,3-5H2,1-2H3,(H,18,19). The monoisotopic (exact) mass is 289 g/mol. The summed E-state index contributed by atoms with van der Waals surface area (Å²) in [4.78, 5) is 20.1. The Morgan fingerprint density at radius 2 is 2.35 bits per heavy atom. The molecular weight excluding hydrogens is 270 g/mol. The van der Waals surface area contributed by atoms with Gasteiger partial charge in [0.2, 0.25) is 5.56 Å². The fraction of sp³-hybridized carbons (Fsp3) is 0.467. The Bertz CT molecular complexity index is 661. The molecule has 0 aromatic carbocycles. The number of hydrogen-bond acceptors (Lipinski definition) is 4. The van der Waals surface area contributed by atoms with Crippen molar-refractivity contribution in [2.75, 3.05) is 0 Å². The lowest BCUT2D eigenvalue weighted by Crippen LogP contribution is -2.29. The summed E-state index contributed by atoms with van der Waals surface area (Å²) >= 11 is 1.74. The van der Waals surface area contributed by atoms with Gasteiger partial charge in [-0.1, -0.05) is 6.07 Å². The highest BCUT2D eigenvalue weighted by Gasteiger charge is 2.23. The molecule has 2 aromatic heterocycles. The van der Waals surface area contributed by atoms with E-state index in [9.17, 15) is 4.79 Å². The van der Waals surface area contributed by atoms with E-state index in [4.69, 9.17) is 0 Å². The van der Waals surface area contributed by atoms with E-state index in [1.54, 1.807) is 17.4 Å². The molecule has 0 saturated heterocycles. The third-order valence-electron chi connectivity index (χ3n) is 3.79. The second-order valence-electron chi connectivity index (χ2n) is 5.40. The maximum absolute atomic E-state index is 11.4. The molecule has 2 atom stereocenters. The number of aryl methyl sites for hydroxylation is 2. The molecule has 1 aliphatic carbocycles. The van der Waals surface area contributed by atoms with Crippen molar-refractivity contribution in [3.8, 4) is 0 Å². The van der Waals surface area contributed by atoms with Gasteiger partial charge in [0.15, 0.2) is 0 Å². The average Bonchev–Trinajstić information content (AvgIpc) is 2.85. The molecular formula is C15H19N3OS. The van der Waals surface area contributed by atoms with Gasteiger partial charge >= 0.3 is 0 Å². The molecule has 3 rings (SSSR count). The van der Waals surface area contributed by atoms with E-state index in [1.807, 2.05) is 12.3 Å². The summed E-state index contributed by atoms with van der Waals surface area (Å²) in [5.74, 6) is 0. The van der Waals surface area contributed by atoms with E-state index in [-0.39, 0.29) is 11.6 Å². The maximum Gasteiger partial charge on any atom is 0.248 e. The smallest absolute Gasteiger partial charge is 0.248 e. The van der Waals surface area contributed by atoms with Crippen LogP contribution in [0.3, 0.4) is 0 Å². The molecule has 0 bridgehead atoms. The fourth-order valence-corrected chi connectivity index (χ4v) is 3.60. The van der Waals surface area contributed by atoms with Crippen LogP contribution in [0.4, 0.5) is 0 Å². The molecule has 0 saturated carbocycles. The Morgan fingerprint density at radius 1 is 1.50 bits per heavy atom. The summed E-state index contributed by atoms with van der Waals surface area (Å²) in [5, 5.41) is 4.77. The lowest BCUT2D eigenvalue weighted by atomic mass is 9.91. The van der Waals surface area contributed by atoms with Crippen LogP contribution in [-0.2, 0) is 6.42 Å². The second kappa shape index (κ2) is 5.50. The van der Waals surface area contributed by atoms with Gasteiger partial charge in [0.25, 0.3) is 0 Å². The first-order valence-corrected chi connectivity index (χ1v) is 7.85. The van der Waals surface area contributed by atoms with E-state index >= 15 is 0 Å². The molecule has 0 aliphatic heterocycles. The van der Waals surface area contributed by atoms with Crippen molar-refractivity contribution in [2.45, 2.75) is 45.2 Å². The summed E-state index contributed by atoms with van der Waals surface area (Å²) in [6.07, 6.45) is 5.10. The average molecular weight is 289 g/mol. The van der Waals surface area contributed by atoms with Crippen LogP contribution in [-0.4, -0.2) is 9.97 Å². The topological polar surface area (TPSA) is 57.8 Å². The normalized spacial score (nSPS) is 19.6. The van der Waals surface area contributed by atoms with Gasteiger partial charge in [-0.3, -0.25) is 4.79 Å². The highest BCUT2D eigenvalue weighted by Crippen LogP contribution is 2.30. The molecule has 4 nitrogen and oxygen atoms in total. The Labute approximate surface area is 122 Å². The number of hydrogen-bond donors (Lipinski definition) is 2. The SMILES string of the molecule is Cc1cnc(C(C)NC2CCCc3[nH]c(=O)ccc32)s1. The summed E-state index contributed by atoms with van der Waals surface area (Å²) < 4.78 is 0. The van der Waals surface area contributed by atoms with Gasteiger partial charge in [-0.15, -0.1) is 11.3 Å². The van der Waals surface area contributed by atoms with Crippen LogP contribution in [0.25, 0.3) is 0 Å². The number of nitrogens with zero attached hydrogens (tertiary/aromatic N) is 1. The summed E-state index contributed by atoms with van der Waals surface area (Å²) in [7, 11) is 0. The first-order valence-electron chi connectivity index (χ1n) is 7.04. The van der Waals surface area contributed by atoms with Crippen molar-refractivity contribution in [1.29, 1.82) is 0 Å². The molecule has 2 aromatic rings. The predicted molar refractivity (Wildman–Crippen MR) is 81.1 cm³/mol. The highest BCUT2D eigenvalue weighted by atomic mass is 32.1. The van der Waals surface area contributed by atoms with Gasteiger partial charge in [0, 0.05) is 28.9 Å². The molecule has 0 spiro atoms. The minimum absolute atomic E-state index is 0.00648. The van der Waals surface area contributed by atoms with Crippen LogP contribution in [0, 0.1) is 6.92 Å². The predicted octanol–water partition coefficient (Wildman–Crippen LogP) is 2.87. The molecule has 1 aliphatic rings. The fourth-order valence-electron chi connectivity index (χ4n) is 2.82. The Hall–Kier alpha value is -1.46. The van der Waals surface area contributed by atoms with Crippen LogP contribution in [0.5, 0.6) is 0 Å². The van der Waals surface area contributed by atoms with E-state index in [0.717, 1.165) is 30.0 Å². The van der Waals surface area contributed by atoms with Gasteiger partial charge in [-0.05, 0) is 38.7 Å². The van der Waals surface area contributed by atoms with Gasteiger partial charge in [-0.25, -0.2) is 4.98 Å². The summed E-state index contributed by atoms with van der Waals surface area (Å²) in [6.45, 7) is 4.23. The van der Waals surface area contributed by atoms with E-state index in [1.165, 1.54) is 10.4 Å². The molecule has 2 N–H and O–H groups in total. The zero-order valence-electron chi connectivity index (χ0n) is 11.8. The molecule has 20 heavy (non-hydrogen) atoms. The Balaban J connectivity index is 1.81. The second-order valence-corrected chi connectivity index (χ2v) is 6.67. The van der Waals surface area contributed by atoms with Crippen molar-refractivity contribution in [3.05, 3.63) is 49.8 Å². The van der Waals surface area contributed by atoms with Crippen LogP contribution in [0.1, 0.15) is 53.0 Å².